The first kappa shape index (κ1) is 17.4. The molecule has 142 valence electrons. The highest BCUT2D eigenvalue weighted by molar-refractivity contribution is 5.74. The number of nitrogens with one attached hydrogen (secondary N) is 1. The van der Waals surface area contributed by atoms with Crippen LogP contribution in [0.5, 0.6) is 0 Å². The third-order valence-electron chi connectivity index (χ3n) is 4.73. The molecule has 1 fully saturated rings. The van der Waals surface area contributed by atoms with E-state index in [1.807, 2.05) is 33.8 Å². The normalized spacial score (nSPS) is 15.6. The lowest BCUT2D eigenvalue weighted by atomic mass is 10.1. The number of H-pyrrole nitrogens is 1. The van der Waals surface area contributed by atoms with Crippen LogP contribution in [0.3, 0.4) is 0 Å². The van der Waals surface area contributed by atoms with E-state index in [4.69, 9.17) is 4.98 Å². The Morgan fingerprint density at radius 3 is 2.44 bits per heavy atom. The van der Waals surface area contributed by atoms with Gasteiger partial charge in [-0.05, 0) is 33.8 Å². The van der Waals surface area contributed by atoms with Gasteiger partial charge in [0, 0.05) is 32.4 Å². The summed E-state index contributed by atoms with van der Waals surface area (Å²) in [6.07, 6.45) is 3.37. The Hall–Kier alpha value is -2.97. The molecule has 0 spiro atoms. The topological polar surface area (TPSA) is 95.8 Å². The van der Waals surface area contributed by atoms with Crippen LogP contribution in [0.1, 0.15) is 26.6 Å². The van der Waals surface area contributed by atoms with Crippen LogP contribution < -0.4 is 15.4 Å². The molecule has 9 heteroatoms. The van der Waals surface area contributed by atoms with E-state index < -0.39 is 0 Å². The smallest absolute Gasteiger partial charge is 0.263 e. The number of hydrogen-bond acceptors (Lipinski definition) is 7. The molecule has 9 nitrogen and oxygen atoms in total. The maximum Gasteiger partial charge on any atom is 0.263 e. The van der Waals surface area contributed by atoms with Gasteiger partial charge in [-0.15, -0.1) is 0 Å². The highest BCUT2D eigenvalue weighted by Gasteiger charge is 2.23. The summed E-state index contributed by atoms with van der Waals surface area (Å²) in [4.78, 5) is 33.1. The second-order valence-electron chi connectivity index (χ2n) is 7.79. The lowest BCUT2D eigenvalue weighted by molar-refractivity contribution is 0.366. The third kappa shape index (κ3) is 3.24. The molecule has 0 atom stereocenters. The van der Waals surface area contributed by atoms with Crippen molar-refractivity contribution in [2.75, 3.05) is 36.0 Å². The largest absolute Gasteiger partial charge is 0.353 e. The average molecular weight is 368 g/mol. The molecule has 1 aliphatic heterocycles. The number of fused-ring (bicyclic) bond motifs is 1. The van der Waals surface area contributed by atoms with Crippen molar-refractivity contribution in [3.05, 3.63) is 34.6 Å². The molecular weight excluding hydrogens is 344 g/mol. The lowest BCUT2D eigenvalue weighted by Gasteiger charge is -2.35. The summed E-state index contributed by atoms with van der Waals surface area (Å²) in [7, 11) is 0. The zero-order valence-corrected chi connectivity index (χ0v) is 16.1. The van der Waals surface area contributed by atoms with Gasteiger partial charge in [0.15, 0.2) is 5.65 Å². The molecular formula is C18H24N8O. The van der Waals surface area contributed by atoms with Gasteiger partial charge in [-0.3, -0.25) is 9.78 Å². The second kappa shape index (κ2) is 6.33. The summed E-state index contributed by atoms with van der Waals surface area (Å²) in [5, 5.41) is 4.88. The van der Waals surface area contributed by atoms with E-state index >= 15 is 0 Å². The van der Waals surface area contributed by atoms with Crippen LogP contribution in [0.4, 0.5) is 11.8 Å². The van der Waals surface area contributed by atoms with Gasteiger partial charge in [-0.2, -0.15) is 10.1 Å². The zero-order chi connectivity index (χ0) is 19.2. The van der Waals surface area contributed by atoms with Gasteiger partial charge >= 0.3 is 0 Å². The Labute approximate surface area is 157 Å². The van der Waals surface area contributed by atoms with E-state index in [2.05, 4.69) is 29.9 Å². The van der Waals surface area contributed by atoms with E-state index in [9.17, 15) is 4.79 Å². The van der Waals surface area contributed by atoms with Crippen LogP contribution in [0.25, 0.3) is 11.0 Å². The van der Waals surface area contributed by atoms with Gasteiger partial charge in [-0.1, -0.05) is 0 Å². The molecule has 1 saturated heterocycles. The first-order valence-corrected chi connectivity index (χ1v) is 9.11. The van der Waals surface area contributed by atoms with Crippen molar-refractivity contribution in [1.82, 2.24) is 29.7 Å². The maximum atomic E-state index is 12.5. The van der Waals surface area contributed by atoms with E-state index in [0.29, 0.717) is 17.0 Å². The highest BCUT2D eigenvalue weighted by Crippen LogP contribution is 2.21. The summed E-state index contributed by atoms with van der Waals surface area (Å²) in [5.41, 5.74) is 0.220. The Kier molecular flexibility index (Phi) is 4.09. The van der Waals surface area contributed by atoms with Gasteiger partial charge in [0.05, 0.1) is 11.7 Å². The number of aromatic amines is 1. The molecule has 0 aromatic carbocycles. The number of anilines is 2. The number of piperazine rings is 1. The van der Waals surface area contributed by atoms with Gasteiger partial charge < -0.3 is 9.80 Å². The van der Waals surface area contributed by atoms with Gasteiger partial charge in [-0.25, -0.2) is 14.6 Å². The van der Waals surface area contributed by atoms with Gasteiger partial charge in [0.25, 0.3) is 5.56 Å². The van der Waals surface area contributed by atoms with Crippen molar-refractivity contribution in [3.63, 3.8) is 0 Å². The van der Waals surface area contributed by atoms with Crippen LogP contribution >= 0.6 is 0 Å². The molecule has 0 bridgehead atoms. The quantitative estimate of drug-likeness (QED) is 0.728. The zero-order valence-electron chi connectivity index (χ0n) is 16.1. The molecule has 1 N–H and O–H groups in total. The predicted octanol–water partition coefficient (Wildman–Crippen LogP) is 1.30. The van der Waals surface area contributed by atoms with E-state index in [0.717, 1.165) is 37.8 Å². The monoisotopic (exact) mass is 368 g/mol. The second-order valence-corrected chi connectivity index (χ2v) is 7.79. The van der Waals surface area contributed by atoms with Crippen molar-refractivity contribution < 1.29 is 0 Å². The molecule has 0 radical (unpaired) electrons. The number of rotatable bonds is 2. The average Bonchev–Trinajstić information content (AvgIpc) is 3.07. The molecule has 4 heterocycles. The van der Waals surface area contributed by atoms with Crippen LogP contribution in [0, 0.1) is 6.92 Å². The highest BCUT2D eigenvalue weighted by atomic mass is 16.1. The number of aromatic nitrogens is 6. The molecule has 4 rings (SSSR count). The van der Waals surface area contributed by atoms with Crippen molar-refractivity contribution in [1.29, 1.82) is 0 Å². The van der Waals surface area contributed by atoms with Crippen molar-refractivity contribution in [3.8, 4) is 0 Å². The molecule has 3 aromatic rings. The minimum Gasteiger partial charge on any atom is -0.353 e. The number of nitrogens with zero attached hydrogens (tertiary/aromatic N) is 7. The van der Waals surface area contributed by atoms with E-state index in [1.54, 1.807) is 17.1 Å². The van der Waals surface area contributed by atoms with Crippen LogP contribution in [-0.4, -0.2) is 55.9 Å². The first-order chi connectivity index (χ1) is 12.8. The molecule has 0 unspecified atom stereocenters. The molecule has 3 aromatic heterocycles. The molecule has 27 heavy (non-hydrogen) atoms. The first-order valence-electron chi connectivity index (χ1n) is 9.11. The molecule has 0 aliphatic carbocycles. The fourth-order valence-electron chi connectivity index (χ4n) is 3.31. The van der Waals surface area contributed by atoms with E-state index in [1.165, 1.54) is 0 Å². The SMILES string of the molecule is Cc1nccc(N2CCN(c3nc4c(cnn4C(C)(C)C)c(=O)[nH]3)CC2)n1. The fourth-order valence-corrected chi connectivity index (χ4v) is 3.31. The Balaban J connectivity index is 1.60. The molecule has 0 amide bonds. The van der Waals surface area contributed by atoms with Crippen LogP contribution in [-0.2, 0) is 5.54 Å². The Bertz CT molecular complexity index is 1020. The summed E-state index contributed by atoms with van der Waals surface area (Å²) < 4.78 is 1.81. The van der Waals surface area contributed by atoms with Crippen LogP contribution in [0.2, 0.25) is 0 Å². The maximum absolute atomic E-state index is 12.5. The van der Waals surface area contributed by atoms with Crippen molar-refractivity contribution in [2.45, 2.75) is 33.2 Å². The summed E-state index contributed by atoms with van der Waals surface area (Å²) in [6, 6.07) is 1.93. The summed E-state index contributed by atoms with van der Waals surface area (Å²) >= 11 is 0. The molecule has 0 saturated carbocycles. The van der Waals surface area contributed by atoms with Crippen molar-refractivity contribution >= 4 is 22.8 Å². The standard InChI is InChI=1S/C18H24N8O/c1-12-19-6-5-14(21-12)24-7-9-25(10-8-24)17-22-15-13(16(27)23-17)11-20-26(15)18(2,3)4/h5-6,11H,7-10H2,1-4H3,(H,22,23,27). The number of aryl methyl sites for hydroxylation is 1. The Morgan fingerprint density at radius 2 is 1.78 bits per heavy atom. The molecule has 1 aliphatic rings. The summed E-state index contributed by atoms with van der Waals surface area (Å²) in [6.45, 7) is 11.1. The predicted molar refractivity (Wildman–Crippen MR) is 104 cm³/mol. The van der Waals surface area contributed by atoms with Crippen molar-refractivity contribution in [2.24, 2.45) is 0 Å². The Morgan fingerprint density at radius 1 is 1.07 bits per heavy atom. The van der Waals surface area contributed by atoms with E-state index in [-0.39, 0.29) is 11.1 Å². The third-order valence-corrected chi connectivity index (χ3v) is 4.73. The minimum absolute atomic E-state index is 0.153. The van der Waals surface area contributed by atoms with Gasteiger partial charge in [0.2, 0.25) is 5.95 Å². The van der Waals surface area contributed by atoms with Crippen LogP contribution in [0.15, 0.2) is 23.3 Å². The van der Waals surface area contributed by atoms with Gasteiger partial charge in [0.1, 0.15) is 17.0 Å². The lowest BCUT2D eigenvalue weighted by Crippen LogP contribution is -2.47. The minimum atomic E-state index is -0.247. The summed E-state index contributed by atoms with van der Waals surface area (Å²) in [5.74, 6) is 2.30. The fraction of sp³-hybridized carbons (Fsp3) is 0.500. The number of hydrogen-bond donors (Lipinski definition) is 1.